The lowest BCUT2D eigenvalue weighted by molar-refractivity contribution is 0.0755. The summed E-state index contributed by atoms with van der Waals surface area (Å²) >= 11 is 0. The molecule has 2 aromatic rings. The van der Waals surface area contributed by atoms with Gasteiger partial charge in [-0.15, -0.1) is 17.5 Å². The molecule has 0 spiro atoms. The van der Waals surface area contributed by atoms with Crippen LogP contribution in [0.5, 0.6) is 0 Å². The molecule has 9 heteroatoms. The van der Waals surface area contributed by atoms with E-state index in [0.29, 0.717) is 5.69 Å². The number of hydrogen-bond acceptors (Lipinski definition) is 5. The average Bonchev–Trinajstić information content (AvgIpc) is 3.02. The molecule has 0 bridgehead atoms. The molecule has 0 aliphatic carbocycles. The first-order valence-electron chi connectivity index (χ1n) is 8.42. The van der Waals surface area contributed by atoms with Gasteiger partial charge >= 0.3 is 0 Å². The lowest BCUT2D eigenvalue weighted by atomic mass is 10.3. The van der Waals surface area contributed by atoms with Crippen molar-refractivity contribution >= 4 is 18.3 Å². The first kappa shape index (κ1) is 19.4. The van der Waals surface area contributed by atoms with E-state index in [1.807, 2.05) is 11.8 Å². The van der Waals surface area contributed by atoms with E-state index >= 15 is 0 Å². The molecule has 25 heavy (non-hydrogen) atoms. The van der Waals surface area contributed by atoms with Crippen molar-refractivity contribution in [1.29, 1.82) is 0 Å². The van der Waals surface area contributed by atoms with Crippen LogP contribution in [0.1, 0.15) is 28.3 Å². The van der Waals surface area contributed by atoms with Crippen molar-refractivity contribution < 1.29 is 4.79 Å². The summed E-state index contributed by atoms with van der Waals surface area (Å²) in [5.74, 6) is -0.0245. The van der Waals surface area contributed by atoms with Crippen LogP contribution in [0, 0.1) is 13.8 Å². The second-order valence-corrected chi connectivity index (χ2v) is 6.42. The standard InChI is InChI=1S/C16H25N7O.ClH/c1-13-11-14(2)23(18-13)10-8-21-5-4-6-22(9-7-21)16(24)15-12-20(3)19-17-15;/h11-12H,4-10H2,1-3H3;1H. The Bertz CT molecular complexity index is 711. The van der Waals surface area contributed by atoms with E-state index in [1.165, 1.54) is 5.69 Å². The number of carbonyl (C=O) groups excluding carboxylic acids is 1. The van der Waals surface area contributed by atoms with Crippen LogP contribution in [0.15, 0.2) is 12.3 Å². The molecule has 0 radical (unpaired) electrons. The topological polar surface area (TPSA) is 72.1 Å². The van der Waals surface area contributed by atoms with Crippen molar-refractivity contribution in [3.8, 4) is 0 Å². The number of rotatable bonds is 4. The molecular weight excluding hydrogens is 342 g/mol. The van der Waals surface area contributed by atoms with E-state index in [4.69, 9.17) is 0 Å². The first-order valence-corrected chi connectivity index (χ1v) is 8.42. The second-order valence-electron chi connectivity index (χ2n) is 6.42. The zero-order chi connectivity index (χ0) is 17.1. The Labute approximate surface area is 154 Å². The molecule has 1 fully saturated rings. The second kappa shape index (κ2) is 8.44. The summed E-state index contributed by atoms with van der Waals surface area (Å²) in [5, 5.41) is 12.3. The molecule has 0 unspecified atom stereocenters. The Morgan fingerprint density at radius 1 is 1.16 bits per heavy atom. The fourth-order valence-corrected chi connectivity index (χ4v) is 3.14. The molecule has 1 saturated heterocycles. The maximum atomic E-state index is 12.5. The van der Waals surface area contributed by atoms with Gasteiger partial charge in [0, 0.05) is 38.9 Å². The zero-order valence-corrected chi connectivity index (χ0v) is 15.9. The highest BCUT2D eigenvalue weighted by Gasteiger charge is 2.22. The fraction of sp³-hybridized carbons (Fsp3) is 0.625. The minimum absolute atomic E-state index is 0. The summed E-state index contributed by atoms with van der Waals surface area (Å²) in [7, 11) is 1.77. The number of carbonyl (C=O) groups is 1. The lowest BCUT2D eigenvalue weighted by Gasteiger charge is -2.21. The summed E-state index contributed by atoms with van der Waals surface area (Å²) in [4.78, 5) is 16.8. The van der Waals surface area contributed by atoms with Gasteiger partial charge in [-0.25, -0.2) is 0 Å². The monoisotopic (exact) mass is 367 g/mol. The van der Waals surface area contributed by atoms with Crippen molar-refractivity contribution in [2.75, 3.05) is 32.7 Å². The molecule has 0 atom stereocenters. The van der Waals surface area contributed by atoms with Crippen LogP contribution in [0.4, 0.5) is 0 Å². The summed E-state index contributed by atoms with van der Waals surface area (Å²) in [6, 6.07) is 2.10. The van der Waals surface area contributed by atoms with Gasteiger partial charge in [0.2, 0.25) is 0 Å². The quantitative estimate of drug-likeness (QED) is 0.802. The molecule has 2 aromatic heterocycles. The zero-order valence-electron chi connectivity index (χ0n) is 15.1. The smallest absolute Gasteiger partial charge is 0.276 e. The number of hydrogen-bond donors (Lipinski definition) is 0. The van der Waals surface area contributed by atoms with Crippen LogP contribution in [0.2, 0.25) is 0 Å². The molecule has 3 heterocycles. The highest BCUT2D eigenvalue weighted by Crippen LogP contribution is 2.08. The third-order valence-corrected chi connectivity index (χ3v) is 4.43. The Morgan fingerprint density at radius 3 is 2.60 bits per heavy atom. The van der Waals surface area contributed by atoms with Crippen LogP contribution in [0.25, 0.3) is 0 Å². The van der Waals surface area contributed by atoms with Gasteiger partial charge in [-0.2, -0.15) is 5.10 Å². The van der Waals surface area contributed by atoms with Gasteiger partial charge in [-0.3, -0.25) is 19.1 Å². The molecular formula is C16H26ClN7O. The number of aryl methyl sites for hydroxylation is 3. The predicted octanol–water partition coefficient (Wildman–Crippen LogP) is 0.898. The van der Waals surface area contributed by atoms with Gasteiger partial charge in [0.1, 0.15) is 0 Å². The largest absolute Gasteiger partial charge is 0.336 e. The molecule has 0 N–H and O–H groups in total. The highest BCUT2D eigenvalue weighted by atomic mass is 35.5. The molecule has 0 saturated carbocycles. The minimum atomic E-state index is -0.0245. The summed E-state index contributed by atoms with van der Waals surface area (Å²) in [6.07, 6.45) is 2.65. The van der Waals surface area contributed by atoms with Crippen LogP contribution in [0.3, 0.4) is 0 Å². The SMILES string of the molecule is Cc1cc(C)n(CCN2CCCN(C(=O)c3cn(C)nn3)CC2)n1.Cl. The number of amides is 1. The maximum absolute atomic E-state index is 12.5. The number of aromatic nitrogens is 5. The van der Waals surface area contributed by atoms with Gasteiger partial charge in [0.05, 0.1) is 18.4 Å². The van der Waals surface area contributed by atoms with E-state index in [9.17, 15) is 4.79 Å². The molecule has 1 aliphatic rings. The van der Waals surface area contributed by atoms with Crippen molar-refractivity contribution in [2.24, 2.45) is 7.05 Å². The Kier molecular flexibility index (Phi) is 6.55. The van der Waals surface area contributed by atoms with Crippen molar-refractivity contribution in [2.45, 2.75) is 26.8 Å². The van der Waals surface area contributed by atoms with Crippen LogP contribution < -0.4 is 0 Å². The number of nitrogens with zero attached hydrogens (tertiary/aromatic N) is 7. The Balaban J connectivity index is 0.00000225. The Hall–Kier alpha value is -1.93. The van der Waals surface area contributed by atoms with Gasteiger partial charge in [-0.05, 0) is 32.9 Å². The van der Waals surface area contributed by atoms with E-state index in [2.05, 4.69) is 38.0 Å². The maximum Gasteiger partial charge on any atom is 0.276 e. The first-order chi connectivity index (χ1) is 11.5. The third-order valence-electron chi connectivity index (χ3n) is 4.43. The van der Waals surface area contributed by atoms with E-state index in [1.54, 1.807) is 17.9 Å². The highest BCUT2D eigenvalue weighted by molar-refractivity contribution is 5.91. The van der Waals surface area contributed by atoms with E-state index in [-0.39, 0.29) is 18.3 Å². The van der Waals surface area contributed by atoms with Gasteiger partial charge < -0.3 is 4.90 Å². The minimum Gasteiger partial charge on any atom is -0.336 e. The van der Waals surface area contributed by atoms with Crippen LogP contribution >= 0.6 is 12.4 Å². The predicted molar refractivity (Wildman–Crippen MR) is 96.9 cm³/mol. The molecule has 3 rings (SSSR count). The average molecular weight is 368 g/mol. The van der Waals surface area contributed by atoms with Gasteiger partial charge in [0.15, 0.2) is 5.69 Å². The van der Waals surface area contributed by atoms with E-state index in [0.717, 1.165) is 51.4 Å². The summed E-state index contributed by atoms with van der Waals surface area (Å²) in [5.41, 5.74) is 2.68. The normalized spacial score (nSPS) is 15.7. The van der Waals surface area contributed by atoms with Crippen molar-refractivity contribution in [3.63, 3.8) is 0 Å². The van der Waals surface area contributed by atoms with Crippen molar-refractivity contribution in [3.05, 3.63) is 29.3 Å². The summed E-state index contributed by atoms with van der Waals surface area (Å²) in [6.45, 7) is 9.33. The van der Waals surface area contributed by atoms with Crippen LogP contribution in [-0.2, 0) is 13.6 Å². The molecule has 138 valence electrons. The molecule has 0 aromatic carbocycles. The fourth-order valence-electron chi connectivity index (χ4n) is 3.14. The van der Waals surface area contributed by atoms with Gasteiger partial charge in [0.25, 0.3) is 5.91 Å². The molecule has 1 aliphatic heterocycles. The Morgan fingerprint density at radius 2 is 1.96 bits per heavy atom. The molecule has 1 amide bonds. The van der Waals surface area contributed by atoms with Gasteiger partial charge in [-0.1, -0.05) is 5.21 Å². The third kappa shape index (κ3) is 4.79. The molecule has 8 nitrogen and oxygen atoms in total. The van der Waals surface area contributed by atoms with Crippen LogP contribution in [-0.4, -0.2) is 73.2 Å². The van der Waals surface area contributed by atoms with Crippen molar-refractivity contribution in [1.82, 2.24) is 34.6 Å². The summed E-state index contributed by atoms with van der Waals surface area (Å²) < 4.78 is 3.62. The lowest BCUT2D eigenvalue weighted by Crippen LogP contribution is -2.36. The number of halogens is 1. The van der Waals surface area contributed by atoms with E-state index < -0.39 is 0 Å².